The predicted octanol–water partition coefficient (Wildman–Crippen LogP) is 3.19. The van der Waals surface area contributed by atoms with Gasteiger partial charge in [-0.3, -0.25) is 9.59 Å². The summed E-state index contributed by atoms with van der Waals surface area (Å²) in [6.07, 6.45) is 0.437. The quantitative estimate of drug-likeness (QED) is 0.788. The number of carbonyl (C=O) groups excluding carboxylic acids is 4. The molecule has 1 heterocycles. The fraction of sp³-hybridized carbons (Fsp3) is 0.200. The van der Waals surface area contributed by atoms with Crippen molar-refractivity contribution in [3.05, 3.63) is 58.7 Å². The SMILES string of the molecule is COC(=O)c1cc(NC(=O)c2cccc3c2SCCC3=O)cc(C(=O)OC)c1. The number of methoxy groups -OCH3 is 2. The average molecular weight is 399 g/mol. The highest BCUT2D eigenvalue weighted by Gasteiger charge is 2.23. The summed E-state index contributed by atoms with van der Waals surface area (Å²) in [6, 6.07) is 9.13. The largest absolute Gasteiger partial charge is 0.465 e. The molecule has 0 bridgehead atoms. The van der Waals surface area contributed by atoms with Crippen molar-refractivity contribution in [3.63, 3.8) is 0 Å². The number of Topliss-reactive ketones (excluding diaryl/α,β-unsaturated/α-hetero) is 1. The number of nitrogens with one attached hydrogen (secondary N) is 1. The van der Waals surface area contributed by atoms with E-state index in [0.29, 0.717) is 28.2 Å². The molecular formula is C20H17NO6S. The lowest BCUT2D eigenvalue weighted by molar-refractivity contribution is 0.0598. The molecule has 0 fully saturated rings. The molecule has 0 atom stereocenters. The second-order valence-electron chi connectivity index (χ2n) is 5.94. The van der Waals surface area contributed by atoms with Crippen molar-refractivity contribution >= 4 is 41.1 Å². The Hall–Kier alpha value is -3.13. The van der Waals surface area contributed by atoms with Crippen LogP contribution in [0.3, 0.4) is 0 Å². The Labute approximate surface area is 165 Å². The summed E-state index contributed by atoms with van der Waals surface area (Å²) in [5, 5.41) is 2.68. The normalized spacial score (nSPS) is 12.7. The molecule has 0 aliphatic carbocycles. The lowest BCUT2D eigenvalue weighted by Crippen LogP contribution is -2.18. The van der Waals surface area contributed by atoms with Crippen LogP contribution in [0.5, 0.6) is 0 Å². The minimum Gasteiger partial charge on any atom is -0.465 e. The summed E-state index contributed by atoms with van der Waals surface area (Å²) in [4.78, 5) is 49.3. The smallest absolute Gasteiger partial charge is 0.337 e. The van der Waals surface area contributed by atoms with Crippen molar-refractivity contribution in [3.8, 4) is 0 Å². The van der Waals surface area contributed by atoms with Gasteiger partial charge in [-0.1, -0.05) is 12.1 Å². The second-order valence-corrected chi connectivity index (χ2v) is 7.05. The van der Waals surface area contributed by atoms with Crippen LogP contribution in [0.2, 0.25) is 0 Å². The van der Waals surface area contributed by atoms with Crippen LogP contribution in [0, 0.1) is 0 Å². The van der Waals surface area contributed by atoms with Crippen LogP contribution in [0.4, 0.5) is 5.69 Å². The topological polar surface area (TPSA) is 98.8 Å². The van der Waals surface area contributed by atoms with Crippen LogP contribution in [0.15, 0.2) is 41.3 Å². The third-order valence-corrected chi connectivity index (χ3v) is 5.31. The third kappa shape index (κ3) is 3.91. The van der Waals surface area contributed by atoms with Gasteiger partial charge in [-0.2, -0.15) is 0 Å². The number of thioether (sulfide) groups is 1. The molecule has 1 N–H and O–H groups in total. The van der Waals surface area contributed by atoms with Crippen molar-refractivity contribution in [2.45, 2.75) is 11.3 Å². The molecule has 144 valence electrons. The first-order valence-corrected chi connectivity index (χ1v) is 9.35. The number of benzene rings is 2. The molecule has 28 heavy (non-hydrogen) atoms. The molecule has 1 amide bonds. The summed E-state index contributed by atoms with van der Waals surface area (Å²) >= 11 is 1.45. The maximum Gasteiger partial charge on any atom is 0.337 e. The van der Waals surface area contributed by atoms with E-state index in [-0.39, 0.29) is 22.6 Å². The van der Waals surface area contributed by atoms with Gasteiger partial charge in [0.2, 0.25) is 0 Å². The van der Waals surface area contributed by atoms with E-state index < -0.39 is 17.8 Å². The molecule has 0 radical (unpaired) electrons. The summed E-state index contributed by atoms with van der Waals surface area (Å²) < 4.78 is 9.38. The zero-order valence-electron chi connectivity index (χ0n) is 15.2. The Bertz CT molecular complexity index is 950. The van der Waals surface area contributed by atoms with Crippen molar-refractivity contribution < 1.29 is 28.7 Å². The zero-order valence-corrected chi connectivity index (χ0v) is 16.1. The molecule has 0 aromatic heterocycles. The lowest BCUT2D eigenvalue weighted by Gasteiger charge is -2.17. The summed E-state index contributed by atoms with van der Waals surface area (Å²) in [7, 11) is 2.44. The number of hydrogen-bond acceptors (Lipinski definition) is 7. The van der Waals surface area contributed by atoms with Gasteiger partial charge in [0.25, 0.3) is 5.91 Å². The van der Waals surface area contributed by atoms with E-state index in [1.807, 2.05) is 0 Å². The monoisotopic (exact) mass is 399 g/mol. The number of anilines is 1. The number of fused-ring (bicyclic) bond motifs is 1. The van der Waals surface area contributed by atoms with E-state index in [0.717, 1.165) is 0 Å². The zero-order chi connectivity index (χ0) is 20.3. The fourth-order valence-corrected chi connectivity index (χ4v) is 3.99. The average Bonchev–Trinajstić information content (AvgIpc) is 2.72. The van der Waals surface area contributed by atoms with Gasteiger partial charge in [-0.05, 0) is 24.3 Å². The fourth-order valence-electron chi connectivity index (χ4n) is 2.84. The Balaban J connectivity index is 1.96. The van der Waals surface area contributed by atoms with Crippen LogP contribution in [0.25, 0.3) is 0 Å². The predicted molar refractivity (Wildman–Crippen MR) is 103 cm³/mol. The molecule has 0 saturated carbocycles. The Morgan fingerprint density at radius 2 is 1.64 bits per heavy atom. The van der Waals surface area contributed by atoms with Crippen LogP contribution >= 0.6 is 11.8 Å². The first kappa shape index (κ1) is 19.6. The van der Waals surface area contributed by atoms with E-state index in [2.05, 4.69) is 5.32 Å². The highest BCUT2D eigenvalue weighted by Crippen LogP contribution is 2.33. The van der Waals surface area contributed by atoms with Crippen molar-refractivity contribution in [2.75, 3.05) is 25.3 Å². The van der Waals surface area contributed by atoms with Crippen LogP contribution < -0.4 is 5.32 Å². The minimum absolute atomic E-state index is 0.00376. The van der Waals surface area contributed by atoms with E-state index >= 15 is 0 Å². The van der Waals surface area contributed by atoms with Gasteiger partial charge in [0.05, 0.1) is 30.9 Å². The van der Waals surface area contributed by atoms with E-state index in [9.17, 15) is 19.2 Å². The second kappa shape index (κ2) is 8.26. The number of esters is 2. The van der Waals surface area contributed by atoms with Crippen molar-refractivity contribution in [2.24, 2.45) is 0 Å². The number of hydrogen-bond donors (Lipinski definition) is 1. The van der Waals surface area contributed by atoms with Crippen LogP contribution in [0.1, 0.15) is 47.9 Å². The molecule has 7 nitrogen and oxygen atoms in total. The maximum atomic E-state index is 12.8. The van der Waals surface area contributed by atoms with Crippen LogP contribution in [-0.2, 0) is 9.47 Å². The molecule has 3 rings (SSSR count). The Kier molecular flexibility index (Phi) is 5.79. The number of ketones is 1. The summed E-state index contributed by atoms with van der Waals surface area (Å²) in [5.74, 6) is -1.14. The van der Waals surface area contributed by atoms with E-state index in [4.69, 9.17) is 9.47 Å². The van der Waals surface area contributed by atoms with Crippen molar-refractivity contribution in [1.29, 1.82) is 0 Å². The Morgan fingerprint density at radius 3 is 2.25 bits per heavy atom. The molecule has 2 aromatic carbocycles. The highest BCUT2D eigenvalue weighted by molar-refractivity contribution is 7.99. The first-order valence-electron chi connectivity index (χ1n) is 8.36. The van der Waals surface area contributed by atoms with Gasteiger partial charge >= 0.3 is 11.9 Å². The molecule has 2 aromatic rings. The lowest BCUT2D eigenvalue weighted by atomic mass is 10.0. The summed E-state index contributed by atoms with van der Waals surface area (Å²) in [5.41, 5.74) is 1.32. The number of amides is 1. The van der Waals surface area contributed by atoms with E-state index in [1.165, 1.54) is 44.2 Å². The third-order valence-electron chi connectivity index (χ3n) is 4.17. The standard InChI is InChI=1S/C20H17NO6S/c1-26-19(24)11-8-12(20(25)27-2)10-13(9-11)21-18(23)15-5-3-4-14-16(22)6-7-28-17(14)15/h3-5,8-10H,6-7H2,1-2H3,(H,21,23). The number of carbonyl (C=O) groups is 4. The Morgan fingerprint density at radius 1 is 1.00 bits per heavy atom. The highest BCUT2D eigenvalue weighted by atomic mass is 32.2. The molecule has 0 saturated heterocycles. The molecule has 1 aliphatic heterocycles. The van der Waals surface area contributed by atoms with Crippen LogP contribution in [-0.4, -0.2) is 43.6 Å². The molecule has 0 spiro atoms. The van der Waals surface area contributed by atoms with Gasteiger partial charge in [0.15, 0.2) is 5.78 Å². The number of ether oxygens (including phenoxy) is 2. The van der Waals surface area contributed by atoms with Gasteiger partial charge in [0, 0.05) is 28.3 Å². The molecular weight excluding hydrogens is 382 g/mol. The van der Waals surface area contributed by atoms with Gasteiger partial charge in [-0.25, -0.2) is 9.59 Å². The minimum atomic E-state index is -0.653. The van der Waals surface area contributed by atoms with E-state index in [1.54, 1.807) is 18.2 Å². The maximum absolute atomic E-state index is 12.8. The van der Waals surface area contributed by atoms with Gasteiger partial charge in [-0.15, -0.1) is 11.8 Å². The molecule has 8 heteroatoms. The van der Waals surface area contributed by atoms with Gasteiger partial charge < -0.3 is 14.8 Å². The summed E-state index contributed by atoms with van der Waals surface area (Å²) in [6.45, 7) is 0. The number of rotatable bonds is 4. The van der Waals surface area contributed by atoms with Crippen molar-refractivity contribution in [1.82, 2.24) is 0 Å². The molecule has 0 unspecified atom stereocenters. The molecule has 1 aliphatic rings. The first-order chi connectivity index (χ1) is 13.4. The van der Waals surface area contributed by atoms with Gasteiger partial charge in [0.1, 0.15) is 0 Å².